The number of fused-ring (bicyclic) bond motifs is 1. The highest BCUT2D eigenvalue weighted by molar-refractivity contribution is 6.00. The molecule has 2 aromatic heterocycles. The van der Waals surface area contributed by atoms with Crippen molar-refractivity contribution in [3.63, 3.8) is 0 Å². The van der Waals surface area contributed by atoms with Gasteiger partial charge in [0, 0.05) is 12.2 Å². The topological polar surface area (TPSA) is 95.9 Å². The van der Waals surface area contributed by atoms with Crippen molar-refractivity contribution in [2.45, 2.75) is 45.7 Å². The molecule has 1 aliphatic rings. The molecule has 1 amide bonds. The molecule has 0 saturated carbocycles. The zero-order chi connectivity index (χ0) is 20.1. The van der Waals surface area contributed by atoms with E-state index < -0.39 is 6.04 Å². The van der Waals surface area contributed by atoms with Gasteiger partial charge in [-0.25, -0.2) is 4.68 Å². The van der Waals surface area contributed by atoms with E-state index in [1.807, 2.05) is 52.0 Å². The van der Waals surface area contributed by atoms with Crippen molar-refractivity contribution in [2.75, 3.05) is 16.8 Å². The molecule has 1 saturated heterocycles. The lowest BCUT2D eigenvalue weighted by atomic mass is 10.1. The summed E-state index contributed by atoms with van der Waals surface area (Å²) in [6.07, 6.45) is 2.16. The summed E-state index contributed by atoms with van der Waals surface area (Å²) in [4.78, 5) is 34.3. The van der Waals surface area contributed by atoms with Gasteiger partial charge in [0.15, 0.2) is 5.65 Å². The molecule has 8 heteroatoms. The van der Waals surface area contributed by atoms with Crippen molar-refractivity contribution in [3.8, 4) is 0 Å². The average Bonchev–Trinajstić information content (AvgIpc) is 3.21. The molecule has 0 aliphatic carbocycles. The fourth-order valence-corrected chi connectivity index (χ4v) is 3.44. The number of amides is 1. The lowest BCUT2D eigenvalue weighted by Crippen LogP contribution is -2.34. The minimum atomic E-state index is -0.437. The van der Waals surface area contributed by atoms with Crippen LogP contribution in [-0.4, -0.2) is 38.2 Å². The number of H-pyrrole nitrogens is 1. The van der Waals surface area contributed by atoms with Crippen LogP contribution in [-0.2, 0) is 10.3 Å². The number of hydrogen-bond donors (Lipinski definition) is 2. The lowest BCUT2D eigenvalue weighted by molar-refractivity contribution is -0.117. The number of benzene rings is 1. The van der Waals surface area contributed by atoms with Gasteiger partial charge in [0.1, 0.15) is 11.4 Å². The maximum absolute atomic E-state index is 12.8. The van der Waals surface area contributed by atoms with Crippen LogP contribution in [0.1, 0.15) is 32.8 Å². The molecule has 3 heterocycles. The number of hydrogen-bond acceptors (Lipinski definition) is 5. The Morgan fingerprint density at radius 1 is 1.18 bits per heavy atom. The summed E-state index contributed by atoms with van der Waals surface area (Å²) in [6.45, 7) is 8.62. The van der Waals surface area contributed by atoms with Crippen molar-refractivity contribution >= 4 is 28.6 Å². The standard InChI is InChI=1S/C20H24N6O2/c1-12-5-7-13(8-6-12)25-10-9-15(18(25)28)22-19-23-16-14(17(27)24-19)11-21-26(16)20(2,3)4/h5-8,11,15H,9-10H2,1-4H3,(H2,22,23,24,27). The van der Waals surface area contributed by atoms with E-state index in [-0.39, 0.29) is 23.0 Å². The van der Waals surface area contributed by atoms with Gasteiger partial charge < -0.3 is 10.2 Å². The van der Waals surface area contributed by atoms with Crippen molar-refractivity contribution in [1.82, 2.24) is 19.7 Å². The van der Waals surface area contributed by atoms with E-state index in [1.165, 1.54) is 6.20 Å². The molecule has 0 bridgehead atoms. The van der Waals surface area contributed by atoms with Crippen LogP contribution >= 0.6 is 0 Å². The Hall–Kier alpha value is -3.16. The van der Waals surface area contributed by atoms with E-state index in [4.69, 9.17) is 0 Å². The first-order chi connectivity index (χ1) is 13.2. The second-order valence-corrected chi connectivity index (χ2v) is 8.19. The molecule has 1 unspecified atom stereocenters. The molecule has 2 N–H and O–H groups in total. The third kappa shape index (κ3) is 3.15. The van der Waals surface area contributed by atoms with Crippen molar-refractivity contribution in [3.05, 3.63) is 46.4 Å². The van der Waals surface area contributed by atoms with E-state index in [2.05, 4.69) is 20.4 Å². The summed E-state index contributed by atoms with van der Waals surface area (Å²) in [7, 11) is 0. The molecular weight excluding hydrogens is 356 g/mol. The van der Waals surface area contributed by atoms with E-state index >= 15 is 0 Å². The number of carbonyl (C=O) groups is 1. The molecular formula is C20H24N6O2. The maximum Gasteiger partial charge on any atom is 0.263 e. The molecule has 0 spiro atoms. The van der Waals surface area contributed by atoms with Crippen LogP contribution in [0.2, 0.25) is 0 Å². The first-order valence-electron chi connectivity index (χ1n) is 9.37. The number of aromatic nitrogens is 4. The van der Waals surface area contributed by atoms with Gasteiger partial charge in [-0.15, -0.1) is 0 Å². The predicted octanol–water partition coefficient (Wildman–Crippen LogP) is 2.40. The van der Waals surface area contributed by atoms with Crippen molar-refractivity contribution in [1.29, 1.82) is 0 Å². The van der Waals surface area contributed by atoms with E-state index in [0.29, 0.717) is 24.0 Å². The quantitative estimate of drug-likeness (QED) is 0.727. The van der Waals surface area contributed by atoms with Crippen LogP contribution < -0.4 is 15.8 Å². The zero-order valence-corrected chi connectivity index (χ0v) is 16.5. The molecule has 8 nitrogen and oxygen atoms in total. The number of rotatable bonds is 3. The first kappa shape index (κ1) is 18.2. The fourth-order valence-electron chi connectivity index (χ4n) is 3.44. The molecule has 4 rings (SSSR count). The molecule has 1 atom stereocenters. The number of anilines is 2. The van der Waals surface area contributed by atoms with Crippen molar-refractivity contribution < 1.29 is 4.79 Å². The van der Waals surface area contributed by atoms with Crippen LogP contribution in [0.3, 0.4) is 0 Å². The lowest BCUT2D eigenvalue weighted by Gasteiger charge is -2.20. The minimum absolute atomic E-state index is 0.0315. The van der Waals surface area contributed by atoms with Crippen LogP contribution in [0.25, 0.3) is 11.0 Å². The highest BCUT2D eigenvalue weighted by atomic mass is 16.2. The van der Waals surface area contributed by atoms with Crippen LogP contribution in [0.15, 0.2) is 35.3 Å². The van der Waals surface area contributed by atoms with Gasteiger partial charge in [-0.05, 0) is 46.2 Å². The summed E-state index contributed by atoms with van der Waals surface area (Å²) in [6, 6.07) is 7.44. The number of aromatic amines is 1. The Morgan fingerprint density at radius 2 is 1.89 bits per heavy atom. The molecule has 1 aromatic carbocycles. The molecule has 146 valence electrons. The van der Waals surface area contributed by atoms with Gasteiger partial charge >= 0.3 is 0 Å². The highest BCUT2D eigenvalue weighted by Gasteiger charge is 2.33. The Morgan fingerprint density at radius 3 is 2.57 bits per heavy atom. The Bertz CT molecular complexity index is 1090. The number of carbonyl (C=O) groups excluding carboxylic acids is 1. The monoisotopic (exact) mass is 380 g/mol. The summed E-state index contributed by atoms with van der Waals surface area (Å²) in [5, 5.41) is 7.84. The first-order valence-corrected chi connectivity index (χ1v) is 9.37. The van der Waals surface area contributed by atoms with E-state index in [1.54, 1.807) is 9.58 Å². The number of aryl methyl sites for hydroxylation is 1. The van der Waals surface area contributed by atoms with Gasteiger partial charge in [-0.2, -0.15) is 10.1 Å². The highest BCUT2D eigenvalue weighted by Crippen LogP contribution is 2.24. The predicted molar refractivity (Wildman–Crippen MR) is 109 cm³/mol. The molecule has 3 aromatic rings. The van der Waals surface area contributed by atoms with Gasteiger partial charge in [0.2, 0.25) is 11.9 Å². The second-order valence-electron chi connectivity index (χ2n) is 8.19. The Kier molecular flexibility index (Phi) is 4.21. The molecule has 1 aliphatic heterocycles. The number of nitrogens with zero attached hydrogens (tertiary/aromatic N) is 4. The van der Waals surface area contributed by atoms with E-state index in [9.17, 15) is 9.59 Å². The summed E-state index contributed by atoms with van der Waals surface area (Å²) < 4.78 is 1.72. The molecule has 1 fully saturated rings. The van der Waals surface area contributed by atoms with Gasteiger partial charge in [0.05, 0.1) is 11.7 Å². The normalized spacial score (nSPS) is 17.5. The van der Waals surface area contributed by atoms with Crippen LogP contribution in [0.4, 0.5) is 11.6 Å². The zero-order valence-electron chi connectivity index (χ0n) is 16.5. The van der Waals surface area contributed by atoms with Crippen LogP contribution in [0, 0.1) is 6.92 Å². The molecule has 28 heavy (non-hydrogen) atoms. The maximum atomic E-state index is 12.8. The smallest absolute Gasteiger partial charge is 0.263 e. The average molecular weight is 380 g/mol. The summed E-state index contributed by atoms with van der Waals surface area (Å²) >= 11 is 0. The van der Waals surface area contributed by atoms with E-state index in [0.717, 1.165) is 11.3 Å². The fraction of sp³-hybridized carbons (Fsp3) is 0.400. The Labute approximate surface area is 162 Å². The minimum Gasteiger partial charge on any atom is -0.344 e. The summed E-state index contributed by atoms with van der Waals surface area (Å²) in [5.41, 5.74) is 1.94. The van der Waals surface area contributed by atoms with Crippen LogP contribution in [0.5, 0.6) is 0 Å². The van der Waals surface area contributed by atoms with Gasteiger partial charge in [-0.3, -0.25) is 14.6 Å². The molecule has 0 radical (unpaired) electrons. The van der Waals surface area contributed by atoms with Gasteiger partial charge in [-0.1, -0.05) is 17.7 Å². The van der Waals surface area contributed by atoms with Gasteiger partial charge in [0.25, 0.3) is 5.56 Å². The third-order valence-electron chi connectivity index (χ3n) is 4.94. The second kappa shape index (κ2) is 6.47. The number of nitrogens with one attached hydrogen (secondary N) is 2. The summed E-state index contributed by atoms with van der Waals surface area (Å²) in [5.74, 6) is 0.253. The van der Waals surface area contributed by atoms with Crippen molar-refractivity contribution in [2.24, 2.45) is 0 Å². The Balaban J connectivity index is 1.61. The third-order valence-corrected chi connectivity index (χ3v) is 4.94. The largest absolute Gasteiger partial charge is 0.344 e. The SMILES string of the molecule is Cc1ccc(N2CCC(Nc3nc4c(cnn4C(C)(C)C)c(=O)[nH]3)C2=O)cc1.